The first-order valence-corrected chi connectivity index (χ1v) is 7.47. The van der Waals surface area contributed by atoms with Gasteiger partial charge in [-0.15, -0.1) is 0 Å². The molecular weight excluding hydrogens is 252 g/mol. The highest BCUT2D eigenvalue weighted by molar-refractivity contribution is 5.95. The second-order valence-corrected chi connectivity index (χ2v) is 5.42. The van der Waals surface area contributed by atoms with Crippen molar-refractivity contribution in [3.63, 3.8) is 0 Å². The predicted octanol–water partition coefficient (Wildman–Crippen LogP) is 2.38. The maximum absolute atomic E-state index is 12.2. The van der Waals surface area contributed by atoms with Crippen LogP contribution in [0.25, 0.3) is 0 Å². The number of hydrogen-bond acceptors (Lipinski definition) is 3. The second-order valence-electron chi connectivity index (χ2n) is 5.42. The maximum atomic E-state index is 12.2. The van der Waals surface area contributed by atoms with Crippen LogP contribution in [0.15, 0.2) is 24.3 Å². The van der Waals surface area contributed by atoms with Gasteiger partial charge in [-0.3, -0.25) is 4.79 Å². The Morgan fingerprint density at radius 2 is 2.10 bits per heavy atom. The summed E-state index contributed by atoms with van der Waals surface area (Å²) in [6, 6.07) is 7.42. The summed E-state index contributed by atoms with van der Waals surface area (Å²) in [5, 5.41) is 16.8. The summed E-state index contributed by atoms with van der Waals surface area (Å²) < 4.78 is 0. The van der Waals surface area contributed by atoms with E-state index in [1.165, 1.54) is 0 Å². The van der Waals surface area contributed by atoms with Crippen LogP contribution >= 0.6 is 0 Å². The zero-order valence-corrected chi connectivity index (χ0v) is 12.3. The minimum Gasteiger partial charge on any atom is -0.385 e. The van der Waals surface area contributed by atoms with E-state index >= 15 is 0 Å². The van der Waals surface area contributed by atoms with Gasteiger partial charge in [0.1, 0.15) is 0 Å². The van der Waals surface area contributed by atoms with Crippen molar-refractivity contribution >= 4 is 11.6 Å². The van der Waals surface area contributed by atoms with Gasteiger partial charge in [0, 0.05) is 11.3 Å². The van der Waals surface area contributed by atoms with E-state index in [2.05, 4.69) is 10.6 Å². The van der Waals surface area contributed by atoms with E-state index in [1.54, 1.807) is 0 Å². The molecule has 2 rings (SSSR count). The summed E-state index contributed by atoms with van der Waals surface area (Å²) in [5.74, 6) is -0.00972. The van der Waals surface area contributed by atoms with Crippen molar-refractivity contribution in [1.29, 1.82) is 0 Å². The van der Waals surface area contributed by atoms with Crippen molar-refractivity contribution in [2.24, 2.45) is 0 Å². The van der Waals surface area contributed by atoms with Crippen molar-refractivity contribution in [3.8, 4) is 0 Å². The Balaban J connectivity index is 2.21. The highest BCUT2D eigenvalue weighted by Gasteiger charge is 2.29. The van der Waals surface area contributed by atoms with Gasteiger partial charge in [-0.25, -0.2) is 0 Å². The molecule has 1 saturated heterocycles. The Kier molecular flexibility index (Phi) is 4.78. The van der Waals surface area contributed by atoms with E-state index in [-0.39, 0.29) is 11.9 Å². The molecule has 1 aliphatic rings. The molecule has 1 fully saturated rings. The molecule has 1 aromatic carbocycles. The van der Waals surface area contributed by atoms with Gasteiger partial charge in [-0.05, 0) is 38.3 Å². The van der Waals surface area contributed by atoms with Crippen LogP contribution in [-0.2, 0) is 10.4 Å². The number of nitrogens with one attached hydrogen (secondary N) is 2. The summed E-state index contributed by atoms with van der Waals surface area (Å²) >= 11 is 0. The number of carbonyl (C=O) groups excluding carboxylic acids is 1. The molecule has 0 unspecified atom stereocenters. The van der Waals surface area contributed by atoms with E-state index in [1.807, 2.05) is 38.1 Å². The zero-order chi connectivity index (χ0) is 14.6. The normalized spacial score (nSPS) is 19.1. The Morgan fingerprint density at radius 3 is 2.70 bits per heavy atom. The van der Waals surface area contributed by atoms with Gasteiger partial charge >= 0.3 is 0 Å². The van der Waals surface area contributed by atoms with E-state index in [4.69, 9.17) is 0 Å². The van der Waals surface area contributed by atoms with E-state index < -0.39 is 5.60 Å². The molecule has 0 radical (unpaired) electrons. The SMILES string of the molecule is CCC(O)(CC)c1ccccc1NC(=O)[C@@H]1CCCN1. The zero-order valence-electron chi connectivity index (χ0n) is 12.3. The number of amides is 1. The minimum absolute atomic E-state index is 0.00972. The lowest BCUT2D eigenvalue weighted by atomic mass is 9.87. The molecule has 20 heavy (non-hydrogen) atoms. The summed E-state index contributed by atoms with van der Waals surface area (Å²) in [4.78, 5) is 12.2. The van der Waals surface area contributed by atoms with Crippen LogP contribution in [0.4, 0.5) is 5.69 Å². The van der Waals surface area contributed by atoms with E-state index in [0.29, 0.717) is 12.8 Å². The first kappa shape index (κ1) is 15.0. The molecule has 0 aromatic heterocycles. The van der Waals surface area contributed by atoms with Gasteiger partial charge < -0.3 is 15.7 Å². The van der Waals surface area contributed by atoms with Crippen LogP contribution in [0.1, 0.15) is 45.1 Å². The fraction of sp³-hybridized carbons (Fsp3) is 0.562. The largest absolute Gasteiger partial charge is 0.385 e. The molecule has 110 valence electrons. The molecule has 3 N–H and O–H groups in total. The van der Waals surface area contributed by atoms with Crippen LogP contribution in [-0.4, -0.2) is 23.6 Å². The quantitative estimate of drug-likeness (QED) is 0.774. The van der Waals surface area contributed by atoms with Gasteiger partial charge in [0.25, 0.3) is 0 Å². The highest BCUT2D eigenvalue weighted by Crippen LogP contribution is 2.33. The number of benzene rings is 1. The molecule has 1 aromatic rings. The van der Waals surface area contributed by atoms with Crippen molar-refractivity contribution < 1.29 is 9.90 Å². The van der Waals surface area contributed by atoms with Crippen LogP contribution in [0.5, 0.6) is 0 Å². The Morgan fingerprint density at radius 1 is 1.40 bits per heavy atom. The van der Waals surface area contributed by atoms with Gasteiger partial charge in [0.15, 0.2) is 0 Å². The second kappa shape index (κ2) is 6.37. The molecule has 1 atom stereocenters. The molecule has 0 aliphatic carbocycles. The molecule has 4 heteroatoms. The van der Waals surface area contributed by atoms with Crippen molar-refractivity contribution in [2.75, 3.05) is 11.9 Å². The summed E-state index contributed by atoms with van der Waals surface area (Å²) in [5.41, 5.74) is 0.640. The topological polar surface area (TPSA) is 61.4 Å². The lowest BCUT2D eigenvalue weighted by molar-refractivity contribution is -0.117. The van der Waals surface area contributed by atoms with Gasteiger partial charge in [0.05, 0.1) is 11.6 Å². The van der Waals surface area contributed by atoms with Crippen LogP contribution < -0.4 is 10.6 Å². The smallest absolute Gasteiger partial charge is 0.241 e. The van der Waals surface area contributed by atoms with Crippen LogP contribution in [0, 0.1) is 0 Å². The maximum Gasteiger partial charge on any atom is 0.241 e. The minimum atomic E-state index is -0.882. The lowest BCUT2D eigenvalue weighted by Gasteiger charge is -2.28. The molecule has 1 heterocycles. The average Bonchev–Trinajstić information content (AvgIpc) is 3.01. The fourth-order valence-electron chi connectivity index (χ4n) is 2.76. The molecule has 4 nitrogen and oxygen atoms in total. The monoisotopic (exact) mass is 276 g/mol. The Hall–Kier alpha value is -1.39. The van der Waals surface area contributed by atoms with Crippen molar-refractivity contribution in [1.82, 2.24) is 5.32 Å². The number of rotatable bonds is 5. The van der Waals surface area contributed by atoms with E-state index in [9.17, 15) is 9.90 Å². The van der Waals surface area contributed by atoms with Gasteiger partial charge in [-0.1, -0.05) is 32.0 Å². The van der Waals surface area contributed by atoms with Crippen LogP contribution in [0.3, 0.4) is 0 Å². The number of para-hydroxylation sites is 1. The van der Waals surface area contributed by atoms with Gasteiger partial charge in [-0.2, -0.15) is 0 Å². The summed E-state index contributed by atoms with van der Waals surface area (Å²) in [6.45, 7) is 4.81. The number of anilines is 1. The predicted molar refractivity (Wildman–Crippen MR) is 80.6 cm³/mol. The third kappa shape index (κ3) is 3.02. The molecule has 1 aliphatic heterocycles. The molecule has 0 bridgehead atoms. The average molecular weight is 276 g/mol. The fourth-order valence-corrected chi connectivity index (χ4v) is 2.76. The first-order chi connectivity index (χ1) is 9.60. The number of hydrogen-bond donors (Lipinski definition) is 3. The number of aliphatic hydroxyl groups is 1. The standard InChI is InChI=1S/C16H24N2O2/c1-3-16(20,4-2)12-8-5-6-9-13(12)18-15(19)14-10-7-11-17-14/h5-6,8-9,14,17,20H,3-4,7,10-11H2,1-2H3,(H,18,19)/t14-/m0/s1. The highest BCUT2D eigenvalue weighted by atomic mass is 16.3. The van der Waals surface area contributed by atoms with Gasteiger partial charge in [0.2, 0.25) is 5.91 Å². The molecule has 0 spiro atoms. The lowest BCUT2D eigenvalue weighted by Crippen LogP contribution is -2.36. The Bertz CT molecular complexity index is 463. The first-order valence-electron chi connectivity index (χ1n) is 7.47. The van der Waals surface area contributed by atoms with Crippen molar-refractivity contribution in [3.05, 3.63) is 29.8 Å². The summed E-state index contributed by atoms with van der Waals surface area (Å²) in [7, 11) is 0. The van der Waals surface area contributed by atoms with Crippen molar-refractivity contribution in [2.45, 2.75) is 51.2 Å². The Labute approximate surface area is 120 Å². The molecule has 1 amide bonds. The van der Waals surface area contributed by atoms with Crippen LogP contribution in [0.2, 0.25) is 0 Å². The number of carbonyl (C=O) groups is 1. The third-order valence-corrected chi connectivity index (χ3v) is 4.23. The third-order valence-electron chi connectivity index (χ3n) is 4.23. The summed E-state index contributed by atoms with van der Waals surface area (Å²) in [6.07, 6.45) is 3.16. The molecular formula is C16H24N2O2. The molecule has 0 saturated carbocycles. The van der Waals surface area contributed by atoms with E-state index in [0.717, 1.165) is 30.6 Å².